The fourth-order valence-corrected chi connectivity index (χ4v) is 2.87. The number of carbonyl (C=O) groups excluding carboxylic acids is 1. The molecule has 3 rings (SSSR count). The second kappa shape index (κ2) is 9.64. The zero-order valence-electron chi connectivity index (χ0n) is 16.3. The van der Waals surface area contributed by atoms with E-state index < -0.39 is 5.97 Å². The highest BCUT2D eigenvalue weighted by Crippen LogP contribution is 2.21. The SMILES string of the molecule is CCO/C=C\c1cnc(-c2cc(C(=O)OC)ccn2)n1CCc1ccc(F)cc1. The van der Waals surface area contributed by atoms with E-state index in [0.717, 1.165) is 11.3 Å². The first-order valence-corrected chi connectivity index (χ1v) is 9.25. The lowest BCUT2D eigenvalue weighted by atomic mass is 10.1. The Balaban J connectivity index is 1.94. The van der Waals surface area contributed by atoms with Crippen LogP contribution in [0.4, 0.5) is 4.39 Å². The zero-order chi connectivity index (χ0) is 20.6. The number of hydrogen-bond donors (Lipinski definition) is 0. The van der Waals surface area contributed by atoms with Gasteiger partial charge in [-0.25, -0.2) is 14.2 Å². The van der Waals surface area contributed by atoms with Crippen molar-refractivity contribution in [2.45, 2.75) is 19.9 Å². The summed E-state index contributed by atoms with van der Waals surface area (Å²) in [5.41, 5.74) is 2.79. The molecule has 0 aliphatic carbocycles. The highest BCUT2D eigenvalue weighted by atomic mass is 19.1. The molecule has 2 heterocycles. The third kappa shape index (κ3) is 5.07. The summed E-state index contributed by atoms with van der Waals surface area (Å²) in [6.07, 6.45) is 7.40. The summed E-state index contributed by atoms with van der Waals surface area (Å²) in [6, 6.07) is 9.66. The molecule has 0 N–H and O–H groups in total. The molecule has 0 radical (unpaired) electrons. The van der Waals surface area contributed by atoms with Crippen LogP contribution in [0.5, 0.6) is 0 Å². The van der Waals surface area contributed by atoms with E-state index in [2.05, 4.69) is 9.97 Å². The second-order valence-corrected chi connectivity index (χ2v) is 6.21. The van der Waals surface area contributed by atoms with E-state index >= 15 is 0 Å². The quantitative estimate of drug-likeness (QED) is 0.424. The van der Waals surface area contributed by atoms with Gasteiger partial charge in [-0.05, 0) is 49.2 Å². The van der Waals surface area contributed by atoms with E-state index in [1.54, 1.807) is 42.9 Å². The molecule has 0 saturated heterocycles. The van der Waals surface area contributed by atoms with Crippen LogP contribution in [0.3, 0.4) is 0 Å². The molecule has 3 aromatic rings. The summed E-state index contributed by atoms with van der Waals surface area (Å²) < 4.78 is 25.3. The maximum atomic E-state index is 13.2. The minimum absolute atomic E-state index is 0.263. The molecule has 150 valence electrons. The lowest BCUT2D eigenvalue weighted by Gasteiger charge is -2.11. The number of aryl methyl sites for hydroxylation is 1. The predicted octanol–water partition coefficient (Wildman–Crippen LogP) is 4.12. The van der Waals surface area contributed by atoms with Gasteiger partial charge in [0.2, 0.25) is 0 Å². The van der Waals surface area contributed by atoms with Crippen LogP contribution in [0, 0.1) is 5.82 Å². The van der Waals surface area contributed by atoms with Crippen molar-refractivity contribution in [1.82, 2.24) is 14.5 Å². The topological polar surface area (TPSA) is 66.2 Å². The normalized spacial score (nSPS) is 11.0. The number of rotatable bonds is 8. The van der Waals surface area contributed by atoms with Crippen molar-refractivity contribution in [1.29, 1.82) is 0 Å². The van der Waals surface area contributed by atoms with Gasteiger partial charge in [-0.2, -0.15) is 0 Å². The summed E-state index contributed by atoms with van der Waals surface area (Å²) in [6.45, 7) is 3.07. The average Bonchev–Trinajstić information content (AvgIpc) is 3.16. The highest BCUT2D eigenvalue weighted by molar-refractivity contribution is 5.90. The number of carbonyl (C=O) groups is 1. The van der Waals surface area contributed by atoms with Gasteiger partial charge < -0.3 is 14.0 Å². The van der Waals surface area contributed by atoms with Gasteiger partial charge in [0.05, 0.1) is 37.4 Å². The van der Waals surface area contributed by atoms with Crippen LogP contribution in [0.1, 0.15) is 28.5 Å². The summed E-state index contributed by atoms with van der Waals surface area (Å²) in [7, 11) is 1.34. The van der Waals surface area contributed by atoms with Crippen molar-refractivity contribution in [3.05, 3.63) is 77.7 Å². The van der Waals surface area contributed by atoms with Gasteiger partial charge in [0, 0.05) is 12.7 Å². The Labute approximate surface area is 168 Å². The van der Waals surface area contributed by atoms with Crippen LogP contribution >= 0.6 is 0 Å². The maximum absolute atomic E-state index is 13.2. The molecule has 0 spiro atoms. The number of pyridine rings is 1. The van der Waals surface area contributed by atoms with Crippen molar-refractivity contribution in [2.75, 3.05) is 13.7 Å². The largest absolute Gasteiger partial charge is 0.501 e. The van der Waals surface area contributed by atoms with E-state index in [4.69, 9.17) is 9.47 Å². The number of imidazole rings is 1. The summed E-state index contributed by atoms with van der Waals surface area (Å²) in [5.74, 6) is -0.0789. The van der Waals surface area contributed by atoms with E-state index in [1.165, 1.54) is 19.2 Å². The van der Waals surface area contributed by atoms with Gasteiger partial charge >= 0.3 is 5.97 Å². The Morgan fingerprint density at radius 3 is 2.72 bits per heavy atom. The van der Waals surface area contributed by atoms with E-state index in [0.29, 0.717) is 36.7 Å². The van der Waals surface area contributed by atoms with Crippen LogP contribution in [0.15, 0.2) is 55.1 Å². The number of benzene rings is 1. The Morgan fingerprint density at radius 1 is 1.21 bits per heavy atom. The molecule has 6 nitrogen and oxygen atoms in total. The van der Waals surface area contributed by atoms with Gasteiger partial charge in [0.25, 0.3) is 0 Å². The molecule has 0 aliphatic heterocycles. The number of esters is 1. The van der Waals surface area contributed by atoms with Crippen molar-refractivity contribution in [3.63, 3.8) is 0 Å². The van der Waals surface area contributed by atoms with Crippen LogP contribution < -0.4 is 0 Å². The van der Waals surface area contributed by atoms with Gasteiger partial charge in [-0.15, -0.1) is 0 Å². The van der Waals surface area contributed by atoms with Crippen molar-refractivity contribution in [3.8, 4) is 11.5 Å². The molecule has 0 bridgehead atoms. The van der Waals surface area contributed by atoms with Gasteiger partial charge in [0.15, 0.2) is 5.82 Å². The van der Waals surface area contributed by atoms with Crippen LogP contribution in [0.25, 0.3) is 17.6 Å². The van der Waals surface area contributed by atoms with E-state index in [1.807, 2.05) is 17.6 Å². The fourth-order valence-electron chi connectivity index (χ4n) is 2.87. The van der Waals surface area contributed by atoms with Crippen molar-refractivity contribution < 1.29 is 18.7 Å². The summed E-state index contributed by atoms with van der Waals surface area (Å²) >= 11 is 0. The Bertz CT molecular complexity index is 997. The first-order valence-electron chi connectivity index (χ1n) is 9.25. The standard InChI is InChI=1S/C22H22FN3O3/c1-3-29-13-10-19-15-25-21(20-14-17(8-11-24-20)22(27)28-2)26(19)12-9-16-4-6-18(23)7-5-16/h4-8,10-11,13-15H,3,9,12H2,1-2H3/b13-10-. The number of halogens is 1. The van der Waals surface area contributed by atoms with Crippen LogP contribution in [-0.2, 0) is 22.4 Å². The van der Waals surface area contributed by atoms with Crippen molar-refractivity contribution >= 4 is 12.0 Å². The predicted molar refractivity (Wildman–Crippen MR) is 108 cm³/mol. The molecule has 0 fully saturated rings. The smallest absolute Gasteiger partial charge is 0.337 e. The maximum Gasteiger partial charge on any atom is 0.337 e. The molecule has 0 amide bonds. The lowest BCUT2D eigenvalue weighted by molar-refractivity contribution is 0.0600. The number of nitrogens with zero attached hydrogens (tertiary/aromatic N) is 3. The molecule has 0 saturated carbocycles. The fraction of sp³-hybridized carbons (Fsp3) is 0.227. The van der Waals surface area contributed by atoms with Crippen LogP contribution in [-0.4, -0.2) is 34.2 Å². The van der Waals surface area contributed by atoms with Gasteiger partial charge in [-0.3, -0.25) is 4.98 Å². The van der Waals surface area contributed by atoms with E-state index in [-0.39, 0.29) is 5.82 Å². The summed E-state index contributed by atoms with van der Waals surface area (Å²) in [5, 5.41) is 0. The van der Waals surface area contributed by atoms with E-state index in [9.17, 15) is 9.18 Å². The molecular formula is C22H22FN3O3. The van der Waals surface area contributed by atoms with Gasteiger partial charge in [-0.1, -0.05) is 12.1 Å². The minimum atomic E-state index is -0.436. The molecule has 0 aliphatic rings. The monoisotopic (exact) mass is 395 g/mol. The number of methoxy groups -OCH3 is 1. The molecule has 29 heavy (non-hydrogen) atoms. The Hall–Kier alpha value is -3.48. The Morgan fingerprint density at radius 2 is 2.00 bits per heavy atom. The number of ether oxygens (including phenoxy) is 2. The number of hydrogen-bond acceptors (Lipinski definition) is 5. The Kier molecular flexibility index (Phi) is 6.73. The van der Waals surface area contributed by atoms with Crippen LogP contribution in [0.2, 0.25) is 0 Å². The third-order valence-corrected chi connectivity index (χ3v) is 4.34. The third-order valence-electron chi connectivity index (χ3n) is 4.34. The summed E-state index contributed by atoms with van der Waals surface area (Å²) in [4.78, 5) is 20.7. The lowest BCUT2D eigenvalue weighted by Crippen LogP contribution is -2.07. The zero-order valence-corrected chi connectivity index (χ0v) is 16.3. The minimum Gasteiger partial charge on any atom is -0.501 e. The molecular weight excluding hydrogens is 373 g/mol. The molecule has 0 atom stereocenters. The molecule has 1 aromatic carbocycles. The van der Waals surface area contributed by atoms with Gasteiger partial charge in [0.1, 0.15) is 11.5 Å². The number of aromatic nitrogens is 3. The second-order valence-electron chi connectivity index (χ2n) is 6.21. The first-order chi connectivity index (χ1) is 14.1. The molecule has 0 unspecified atom stereocenters. The van der Waals surface area contributed by atoms with Crippen molar-refractivity contribution in [2.24, 2.45) is 0 Å². The highest BCUT2D eigenvalue weighted by Gasteiger charge is 2.14. The average molecular weight is 395 g/mol. The molecule has 7 heteroatoms. The first kappa shape index (κ1) is 20.3. The molecule has 2 aromatic heterocycles.